The van der Waals surface area contributed by atoms with Crippen molar-refractivity contribution in [3.63, 3.8) is 0 Å². The van der Waals surface area contributed by atoms with Crippen LogP contribution in [-0.4, -0.2) is 20.3 Å². The Bertz CT molecular complexity index is 169. The van der Waals surface area contributed by atoms with Gasteiger partial charge in [-0.05, 0) is 19.3 Å². The molecule has 0 bridgehead atoms. The van der Waals surface area contributed by atoms with Crippen LogP contribution in [-0.2, 0) is 15.9 Å². The van der Waals surface area contributed by atoms with Gasteiger partial charge in [-0.2, -0.15) is 0 Å². The van der Waals surface area contributed by atoms with Crippen LogP contribution in [0.3, 0.4) is 0 Å². The first-order chi connectivity index (χ1) is 5.24. The summed E-state index contributed by atoms with van der Waals surface area (Å²) in [5.74, 6) is -0.0216. The van der Waals surface area contributed by atoms with Crippen molar-refractivity contribution in [3.05, 3.63) is 0 Å². The lowest BCUT2D eigenvalue weighted by atomic mass is 9.90. The highest BCUT2D eigenvalue weighted by Gasteiger charge is 2.21. The van der Waals surface area contributed by atoms with Gasteiger partial charge in [-0.1, -0.05) is 17.5 Å². The average Bonchev–Trinajstić information content (AvgIpc) is 2.05. The second-order valence-electron chi connectivity index (χ2n) is 2.95. The Morgan fingerprint density at radius 3 is 2.73 bits per heavy atom. The van der Waals surface area contributed by atoms with Crippen molar-refractivity contribution in [2.75, 3.05) is 0 Å². The van der Waals surface area contributed by atoms with Crippen molar-refractivity contribution in [1.29, 1.82) is 0 Å². The standard InChI is InChI=1S/C7H12O3S/c8-5-6-2-1-3-7(4-6)11(9)10/h5-7H,1-4H2,(H,9,10)/p-1. The third kappa shape index (κ3) is 2.38. The minimum atomic E-state index is -1.98. The van der Waals surface area contributed by atoms with Crippen LogP contribution in [0, 0.1) is 5.92 Å². The monoisotopic (exact) mass is 175 g/mol. The molecule has 0 amide bonds. The maximum absolute atomic E-state index is 10.5. The molecule has 1 saturated carbocycles. The third-order valence-corrected chi connectivity index (χ3v) is 3.10. The zero-order chi connectivity index (χ0) is 8.27. The van der Waals surface area contributed by atoms with E-state index >= 15 is 0 Å². The average molecular weight is 175 g/mol. The van der Waals surface area contributed by atoms with E-state index in [1.807, 2.05) is 0 Å². The summed E-state index contributed by atoms with van der Waals surface area (Å²) in [7, 11) is 0. The summed E-state index contributed by atoms with van der Waals surface area (Å²) in [6.45, 7) is 0. The van der Waals surface area contributed by atoms with Crippen molar-refractivity contribution < 1.29 is 13.6 Å². The molecule has 4 heteroatoms. The molecule has 1 fully saturated rings. The molecule has 0 aliphatic heterocycles. The summed E-state index contributed by atoms with van der Waals surface area (Å²) in [6, 6.07) is 0. The minimum absolute atomic E-state index is 0.0216. The highest BCUT2D eigenvalue weighted by molar-refractivity contribution is 7.79. The summed E-state index contributed by atoms with van der Waals surface area (Å²) >= 11 is -1.98. The number of hydrogen-bond acceptors (Lipinski definition) is 3. The van der Waals surface area contributed by atoms with Gasteiger partial charge in [-0.3, -0.25) is 4.21 Å². The normalized spacial score (nSPS) is 34.6. The first kappa shape index (κ1) is 8.87. The molecule has 0 aromatic rings. The van der Waals surface area contributed by atoms with Crippen LogP contribution in [0.5, 0.6) is 0 Å². The molecule has 0 aromatic carbocycles. The summed E-state index contributed by atoms with van der Waals surface area (Å²) in [6.07, 6.45) is 3.85. The maximum Gasteiger partial charge on any atom is 0.123 e. The lowest BCUT2D eigenvalue weighted by molar-refractivity contribution is -0.111. The molecule has 1 aliphatic rings. The first-order valence-electron chi connectivity index (χ1n) is 3.77. The smallest absolute Gasteiger partial charge is 0.123 e. The molecule has 1 rings (SSSR count). The van der Waals surface area contributed by atoms with Crippen molar-refractivity contribution in [1.82, 2.24) is 0 Å². The van der Waals surface area contributed by atoms with Gasteiger partial charge in [0.2, 0.25) is 0 Å². The van der Waals surface area contributed by atoms with Gasteiger partial charge in [0, 0.05) is 11.2 Å². The Balaban J connectivity index is 2.45. The summed E-state index contributed by atoms with van der Waals surface area (Å²) < 4.78 is 21.0. The second kappa shape index (κ2) is 3.97. The quantitative estimate of drug-likeness (QED) is 0.456. The molecule has 1 aliphatic carbocycles. The van der Waals surface area contributed by atoms with Gasteiger partial charge in [0.25, 0.3) is 0 Å². The van der Waals surface area contributed by atoms with Crippen LogP contribution in [0.25, 0.3) is 0 Å². The molecule has 0 radical (unpaired) electrons. The summed E-state index contributed by atoms with van der Waals surface area (Å²) in [4.78, 5) is 10.3. The number of aldehydes is 1. The van der Waals surface area contributed by atoms with E-state index in [0.29, 0.717) is 6.42 Å². The molecule has 0 aromatic heterocycles. The number of rotatable bonds is 2. The fourth-order valence-electron chi connectivity index (χ4n) is 1.48. The molecular weight excluding hydrogens is 164 g/mol. The van der Waals surface area contributed by atoms with E-state index in [1.54, 1.807) is 0 Å². The number of carbonyl (C=O) groups is 1. The molecular formula is C7H11O3S-. The first-order valence-corrected chi connectivity index (χ1v) is 4.91. The molecule has 3 atom stereocenters. The zero-order valence-corrected chi connectivity index (χ0v) is 7.01. The van der Waals surface area contributed by atoms with Crippen molar-refractivity contribution >= 4 is 17.4 Å². The maximum atomic E-state index is 10.5. The Labute approximate surface area is 68.5 Å². The molecule has 11 heavy (non-hydrogen) atoms. The molecule has 0 N–H and O–H groups in total. The van der Waals surface area contributed by atoms with E-state index in [2.05, 4.69) is 0 Å². The highest BCUT2D eigenvalue weighted by atomic mass is 32.2. The number of carbonyl (C=O) groups excluding carboxylic acids is 1. The van der Waals surface area contributed by atoms with Gasteiger partial charge in [0.1, 0.15) is 6.29 Å². The van der Waals surface area contributed by atoms with E-state index in [1.165, 1.54) is 0 Å². The predicted molar refractivity (Wildman–Crippen MR) is 40.7 cm³/mol. The van der Waals surface area contributed by atoms with E-state index in [0.717, 1.165) is 25.5 Å². The van der Waals surface area contributed by atoms with Gasteiger partial charge in [-0.25, -0.2) is 0 Å². The van der Waals surface area contributed by atoms with Gasteiger partial charge in [-0.15, -0.1) is 0 Å². The van der Waals surface area contributed by atoms with E-state index < -0.39 is 11.1 Å². The van der Waals surface area contributed by atoms with Gasteiger partial charge in [0.15, 0.2) is 0 Å². The Kier molecular flexibility index (Phi) is 3.20. The van der Waals surface area contributed by atoms with E-state index in [9.17, 15) is 13.6 Å². The topological polar surface area (TPSA) is 57.2 Å². The Hall–Kier alpha value is -0.220. The summed E-state index contributed by atoms with van der Waals surface area (Å²) in [5.41, 5.74) is 0. The highest BCUT2D eigenvalue weighted by Crippen LogP contribution is 2.25. The molecule has 64 valence electrons. The Morgan fingerprint density at radius 2 is 2.18 bits per heavy atom. The largest absolute Gasteiger partial charge is 0.772 e. The molecule has 0 saturated heterocycles. The van der Waals surface area contributed by atoms with Crippen LogP contribution < -0.4 is 0 Å². The minimum Gasteiger partial charge on any atom is -0.772 e. The Morgan fingerprint density at radius 1 is 1.45 bits per heavy atom. The fraction of sp³-hybridized carbons (Fsp3) is 0.857. The van der Waals surface area contributed by atoms with E-state index in [4.69, 9.17) is 0 Å². The summed E-state index contributed by atoms with van der Waals surface area (Å²) in [5, 5.41) is -0.279. The van der Waals surface area contributed by atoms with Crippen LogP contribution in [0.15, 0.2) is 0 Å². The van der Waals surface area contributed by atoms with Crippen molar-refractivity contribution in [2.45, 2.75) is 30.9 Å². The molecule has 0 spiro atoms. The van der Waals surface area contributed by atoms with Gasteiger partial charge >= 0.3 is 0 Å². The molecule has 0 heterocycles. The van der Waals surface area contributed by atoms with Crippen molar-refractivity contribution in [2.24, 2.45) is 5.92 Å². The van der Waals surface area contributed by atoms with E-state index in [-0.39, 0.29) is 11.2 Å². The molecule has 3 nitrogen and oxygen atoms in total. The second-order valence-corrected chi connectivity index (χ2v) is 4.13. The predicted octanol–water partition coefficient (Wildman–Crippen LogP) is 0.623. The number of hydrogen-bond donors (Lipinski definition) is 0. The SMILES string of the molecule is O=CC1CCCC(S(=O)[O-])C1. The van der Waals surface area contributed by atoms with Gasteiger partial charge in [0.05, 0.1) is 0 Å². The lowest BCUT2D eigenvalue weighted by Crippen LogP contribution is -2.24. The van der Waals surface area contributed by atoms with Crippen LogP contribution in [0.1, 0.15) is 25.7 Å². The fourth-order valence-corrected chi connectivity index (χ4v) is 2.24. The van der Waals surface area contributed by atoms with Crippen LogP contribution in [0.2, 0.25) is 0 Å². The van der Waals surface area contributed by atoms with Gasteiger partial charge < -0.3 is 9.35 Å². The zero-order valence-electron chi connectivity index (χ0n) is 6.19. The van der Waals surface area contributed by atoms with Crippen LogP contribution in [0.4, 0.5) is 0 Å². The third-order valence-electron chi connectivity index (χ3n) is 2.13. The lowest BCUT2D eigenvalue weighted by Gasteiger charge is -2.27. The molecule has 3 unspecified atom stereocenters. The van der Waals surface area contributed by atoms with Crippen molar-refractivity contribution in [3.8, 4) is 0 Å². The van der Waals surface area contributed by atoms with Crippen LogP contribution >= 0.6 is 0 Å².